The molecule has 0 radical (unpaired) electrons. The Morgan fingerprint density at radius 1 is 1.03 bits per heavy atom. The number of hydrogen-bond acceptors (Lipinski definition) is 6. The Labute approximate surface area is 197 Å². The van der Waals surface area contributed by atoms with Gasteiger partial charge in [-0.1, -0.05) is 12.1 Å². The molecule has 1 aliphatic heterocycles. The predicted molar refractivity (Wildman–Crippen MR) is 126 cm³/mol. The van der Waals surface area contributed by atoms with Crippen molar-refractivity contribution < 1.29 is 17.9 Å². The Morgan fingerprint density at radius 2 is 1.85 bits per heavy atom. The van der Waals surface area contributed by atoms with Gasteiger partial charge in [0.2, 0.25) is 10.0 Å². The number of carbonyl (C=O) groups is 1. The lowest BCUT2D eigenvalue weighted by Gasteiger charge is -2.34. The lowest BCUT2D eigenvalue weighted by molar-refractivity contribution is 0.0697. The Balaban J connectivity index is 1.24. The first-order valence-electron chi connectivity index (χ1n) is 10.9. The van der Waals surface area contributed by atoms with Crippen molar-refractivity contribution in [1.82, 2.24) is 24.2 Å². The molecule has 0 atom stereocenters. The van der Waals surface area contributed by atoms with Gasteiger partial charge in [0.25, 0.3) is 5.91 Å². The number of aromatic amines is 1. The van der Waals surface area contributed by atoms with Gasteiger partial charge in [-0.15, -0.1) is 0 Å². The van der Waals surface area contributed by atoms with E-state index < -0.39 is 10.0 Å². The van der Waals surface area contributed by atoms with Crippen LogP contribution in [0.25, 0.3) is 11.0 Å². The number of H-pyrrole nitrogens is 1. The zero-order valence-corrected chi connectivity index (χ0v) is 19.1. The summed E-state index contributed by atoms with van der Waals surface area (Å²) in [7, 11) is -3.70. The highest BCUT2D eigenvalue weighted by Crippen LogP contribution is 2.25. The minimum absolute atomic E-state index is 0.153. The maximum absolute atomic E-state index is 13.2. The summed E-state index contributed by atoms with van der Waals surface area (Å²) in [4.78, 5) is 26.1. The van der Waals surface area contributed by atoms with Crippen LogP contribution in [0.15, 0.2) is 78.2 Å². The zero-order valence-electron chi connectivity index (χ0n) is 18.3. The van der Waals surface area contributed by atoms with Crippen molar-refractivity contribution in [2.45, 2.75) is 11.5 Å². The smallest absolute Gasteiger partial charge is 0.254 e. The van der Waals surface area contributed by atoms with Gasteiger partial charge in [0.15, 0.2) is 0 Å². The maximum Gasteiger partial charge on any atom is 0.254 e. The molecule has 3 aromatic heterocycles. The van der Waals surface area contributed by atoms with Gasteiger partial charge in [-0.3, -0.25) is 9.78 Å². The number of aromatic nitrogens is 3. The van der Waals surface area contributed by atoms with Gasteiger partial charge in [-0.05, 0) is 36.4 Å². The molecule has 0 bridgehead atoms. The van der Waals surface area contributed by atoms with Crippen LogP contribution >= 0.6 is 0 Å². The molecule has 1 N–H and O–H groups in total. The average molecular weight is 478 g/mol. The van der Waals surface area contributed by atoms with Crippen LogP contribution in [0, 0.1) is 0 Å². The van der Waals surface area contributed by atoms with E-state index in [1.165, 1.54) is 10.5 Å². The van der Waals surface area contributed by atoms with E-state index in [1.807, 2.05) is 12.1 Å². The standard InChI is InChI=1S/C24H23N5O4S/c30-24(19-5-1-6-20(14-19)33-17-18-4-2-8-25-15-18)28-10-12-29(13-11-28)34(31,32)22-16-27-23-21(22)7-3-9-26-23/h1-9,14-16H,10-13,17H2,(H,26,27). The monoisotopic (exact) mass is 477 g/mol. The predicted octanol–water partition coefficient (Wildman–Crippen LogP) is 2.68. The number of benzene rings is 1. The number of nitrogens with one attached hydrogen (secondary N) is 1. The molecule has 9 nitrogen and oxygen atoms in total. The summed E-state index contributed by atoms with van der Waals surface area (Å²) in [6.07, 6.45) is 6.51. The van der Waals surface area contributed by atoms with Crippen molar-refractivity contribution >= 4 is 27.0 Å². The average Bonchev–Trinajstić information content (AvgIpc) is 3.33. The number of nitrogens with zero attached hydrogens (tertiary/aromatic N) is 4. The maximum atomic E-state index is 13.2. The number of carbonyl (C=O) groups excluding carboxylic acids is 1. The van der Waals surface area contributed by atoms with Crippen LogP contribution in [0.3, 0.4) is 0 Å². The number of sulfonamides is 1. The summed E-state index contributed by atoms with van der Waals surface area (Å²) < 4.78 is 33.6. The zero-order chi connectivity index (χ0) is 23.5. The first-order valence-corrected chi connectivity index (χ1v) is 12.3. The largest absolute Gasteiger partial charge is 0.489 e. The van der Waals surface area contributed by atoms with Gasteiger partial charge >= 0.3 is 0 Å². The van der Waals surface area contributed by atoms with Crippen molar-refractivity contribution in [3.63, 3.8) is 0 Å². The first kappa shape index (κ1) is 22.1. The number of ether oxygens (including phenoxy) is 1. The Hall–Kier alpha value is -3.76. The molecule has 34 heavy (non-hydrogen) atoms. The molecule has 10 heteroatoms. The number of piperazine rings is 1. The van der Waals surface area contributed by atoms with E-state index in [4.69, 9.17) is 4.74 Å². The van der Waals surface area contributed by atoms with Gasteiger partial charge in [0.1, 0.15) is 22.9 Å². The third kappa shape index (κ3) is 4.37. The molecule has 1 aromatic carbocycles. The number of fused-ring (bicyclic) bond motifs is 1. The van der Waals surface area contributed by atoms with Gasteiger partial charge in [-0.2, -0.15) is 4.31 Å². The van der Waals surface area contributed by atoms with Crippen LogP contribution in [0.1, 0.15) is 15.9 Å². The summed E-state index contributed by atoms with van der Waals surface area (Å²) in [5.74, 6) is 0.434. The van der Waals surface area contributed by atoms with Crippen LogP contribution in [0.2, 0.25) is 0 Å². The quantitative estimate of drug-likeness (QED) is 0.457. The molecule has 1 saturated heterocycles. The van der Waals surface area contributed by atoms with E-state index in [2.05, 4.69) is 15.0 Å². The van der Waals surface area contributed by atoms with E-state index in [0.29, 0.717) is 42.0 Å². The van der Waals surface area contributed by atoms with Gasteiger partial charge in [0, 0.05) is 67.5 Å². The molecule has 4 aromatic rings. The number of pyridine rings is 2. The van der Waals surface area contributed by atoms with Gasteiger partial charge in [-0.25, -0.2) is 13.4 Å². The highest BCUT2D eigenvalue weighted by molar-refractivity contribution is 7.89. The van der Waals surface area contributed by atoms with Crippen LogP contribution in [-0.4, -0.2) is 64.7 Å². The van der Waals surface area contributed by atoms with Crippen molar-refractivity contribution in [2.24, 2.45) is 0 Å². The first-order chi connectivity index (χ1) is 16.5. The Morgan fingerprint density at radius 3 is 2.65 bits per heavy atom. The summed E-state index contributed by atoms with van der Waals surface area (Å²) in [5.41, 5.74) is 1.96. The minimum atomic E-state index is -3.70. The summed E-state index contributed by atoms with van der Waals surface area (Å²) in [5, 5.41) is 0.559. The van der Waals surface area contributed by atoms with Crippen molar-refractivity contribution in [1.29, 1.82) is 0 Å². The number of hydrogen-bond donors (Lipinski definition) is 1. The highest BCUT2D eigenvalue weighted by atomic mass is 32.2. The van der Waals surface area contributed by atoms with E-state index in [1.54, 1.807) is 59.9 Å². The molecule has 0 spiro atoms. The summed E-state index contributed by atoms with van der Waals surface area (Å²) in [6, 6.07) is 14.2. The normalized spacial score (nSPS) is 14.9. The molecule has 4 heterocycles. The summed E-state index contributed by atoms with van der Waals surface area (Å²) in [6.45, 7) is 1.40. The fourth-order valence-electron chi connectivity index (χ4n) is 3.97. The molecule has 0 aliphatic carbocycles. The topological polar surface area (TPSA) is 108 Å². The lowest BCUT2D eigenvalue weighted by atomic mass is 10.1. The second-order valence-electron chi connectivity index (χ2n) is 7.93. The Kier molecular flexibility index (Phi) is 5.99. The molecule has 1 aliphatic rings. The fourth-order valence-corrected chi connectivity index (χ4v) is 5.54. The SMILES string of the molecule is O=C(c1cccc(OCc2cccnc2)c1)N1CCN(S(=O)(=O)c2c[nH]c3ncccc23)CC1. The van der Waals surface area contributed by atoms with Crippen molar-refractivity contribution in [3.05, 3.63) is 84.4 Å². The van der Waals surface area contributed by atoms with Gasteiger partial charge < -0.3 is 14.6 Å². The second kappa shape index (κ2) is 9.24. The van der Waals surface area contributed by atoms with Crippen LogP contribution in [-0.2, 0) is 16.6 Å². The lowest BCUT2D eigenvalue weighted by Crippen LogP contribution is -2.50. The molecule has 0 saturated carbocycles. The van der Waals surface area contributed by atoms with E-state index >= 15 is 0 Å². The van der Waals surface area contributed by atoms with Crippen molar-refractivity contribution in [3.8, 4) is 5.75 Å². The van der Waals surface area contributed by atoms with E-state index in [-0.39, 0.29) is 23.9 Å². The Bertz CT molecular complexity index is 1410. The molecule has 0 unspecified atom stereocenters. The van der Waals surface area contributed by atoms with Crippen LogP contribution in [0.4, 0.5) is 0 Å². The minimum Gasteiger partial charge on any atom is -0.489 e. The van der Waals surface area contributed by atoms with Crippen LogP contribution in [0.5, 0.6) is 5.75 Å². The second-order valence-corrected chi connectivity index (χ2v) is 9.83. The molecule has 1 amide bonds. The summed E-state index contributed by atoms with van der Waals surface area (Å²) >= 11 is 0. The molecular formula is C24H23N5O4S. The van der Waals surface area contributed by atoms with Crippen molar-refractivity contribution in [2.75, 3.05) is 26.2 Å². The number of amides is 1. The van der Waals surface area contributed by atoms with E-state index in [9.17, 15) is 13.2 Å². The third-order valence-corrected chi connectivity index (χ3v) is 7.70. The molecule has 5 rings (SSSR count). The fraction of sp³-hybridized carbons (Fsp3) is 0.208. The highest BCUT2D eigenvalue weighted by Gasteiger charge is 2.32. The molecular weight excluding hydrogens is 454 g/mol. The number of rotatable bonds is 6. The molecule has 174 valence electrons. The van der Waals surface area contributed by atoms with E-state index in [0.717, 1.165) is 5.56 Å². The van der Waals surface area contributed by atoms with Crippen LogP contribution < -0.4 is 4.74 Å². The van der Waals surface area contributed by atoms with Gasteiger partial charge in [0.05, 0.1) is 0 Å². The third-order valence-electron chi connectivity index (χ3n) is 5.77. The molecule has 1 fully saturated rings.